The van der Waals surface area contributed by atoms with Crippen LogP contribution in [0, 0.1) is 17.8 Å². The molecule has 0 aromatic carbocycles. The number of fused-ring (bicyclic) bond motifs is 2. The Morgan fingerprint density at radius 1 is 1.39 bits per heavy atom. The van der Waals surface area contributed by atoms with Crippen LogP contribution in [-0.2, 0) is 6.42 Å². The van der Waals surface area contributed by atoms with Crippen molar-refractivity contribution in [3.05, 3.63) is 11.7 Å². The van der Waals surface area contributed by atoms with E-state index >= 15 is 0 Å². The highest BCUT2D eigenvalue weighted by Crippen LogP contribution is 2.52. The molecule has 0 amide bonds. The lowest BCUT2D eigenvalue weighted by Crippen LogP contribution is -2.16. The summed E-state index contributed by atoms with van der Waals surface area (Å²) < 4.78 is 5.40. The molecule has 2 bridgehead atoms. The van der Waals surface area contributed by atoms with E-state index in [0.717, 1.165) is 36.4 Å². The molecule has 18 heavy (non-hydrogen) atoms. The van der Waals surface area contributed by atoms with E-state index in [1.165, 1.54) is 25.7 Å². The average Bonchev–Trinajstić information content (AvgIpc) is 3.11. The number of hydrogen-bond acceptors (Lipinski definition) is 4. The van der Waals surface area contributed by atoms with Crippen molar-refractivity contribution in [2.24, 2.45) is 23.5 Å². The van der Waals surface area contributed by atoms with Crippen LogP contribution in [-0.4, -0.2) is 16.7 Å². The predicted molar refractivity (Wildman–Crippen MR) is 69.0 cm³/mol. The third-order valence-corrected chi connectivity index (χ3v) is 4.93. The van der Waals surface area contributed by atoms with Crippen molar-refractivity contribution in [3.8, 4) is 0 Å². The Morgan fingerprint density at radius 3 is 2.89 bits per heavy atom. The maximum atomic E-state index is 5.72. The monoisotopic (exact) mass is 249 g/mol. The SMILES string of the molecule is CCC(CN)Cc1nc(C2CC3CCC2C3)no1. The summed E-state index contributed by atoms with van der Waals surface area (Å²) in [5.41, 5.74) is 5.72. The first-order valence-corrected chi connectivity index (χ1v) is 7.32. The van der Waals surface area contributed by atoms with Gasteiger partial charge >= 0.3 is 0 Å². The van der Waals surface area contributed by atoms with Crippen LogP contribution in [0.4, 0.5) is 0 Å². The Morgan fingerprint density at radius 2 is 2.28 bits per heavy atom. The van der Waals surface area contributed by atoms with Crippen molar-refractivity contribution in [1.82, 2.24) is 10.1 Å². The second-order valence-electron chi connectivity index (χ2n) is 6.04. The summed E-state index contributed by atoms with van der Waals surface area (Å²) in [6.45, 7) is 2.85. The summed E-state index contributed by atoms with van der Waals surface area (Å²) in [4.78, 5) is 4.61. The lowest BCUT2D eigenvalue weighted by molar-refractivity contribution is 0.335. The van der Waals surface area contributed by atoms with Crippen LogP contribution < -0.4 is 5.73 Å². The van der Waals surface area contributed by atoms with Crippen LogP contribution in [0.3, 0.4) is 0 Å². The molecule has 0 spiro atoms. The van der Waals surface area contributed by atoms with Gasteiger partial charge in [0.15, 0.2) is 5.82 Å². The van der Waals surface area contributed by atoms with Gasteiger partial charge in [0.1, 0.15) is 0 Å². The molecule has 1 aromatic heterocycles. The minimum atomic E-state index is 0.471. The number of nitrogens with two attached hydrogens (primary N) is 1. The second-order valence-corrected chi connectivity index (χ2v) is 6.04. The molecule has 4 atom stereocenters. The molecule has 4 nitrogen and oxygen atoms in total. The molecular weight excluding hydrogens is 226 g/mol. The Kier molecular flexibility index (Phi) is 3.37. The molecule has 100 valence electrons. The molecule has 2 aliphatic rings. The first-order chi connectivity index (χ1) is 8.80. The van der Waals surface area contributed by atoms with Crippen LogP contribution in [0.15, 0.2) is 4.52 Å². The normalized spacial score (nSPS) is 32.0. The molecular formula is C14H23N3O. The van der Waals surface area contributed by atoms with E-state index in [-0.39, 0.29) is 0 Å². The van der Waals surface area contributed by atoms with Gasteiger partial charge in [-0.05, 0) is 43.6 Å². The second kappa shape index (κ2) is 5.00. The topological polar surface area (TPSA) is 64.9 Å². The zero-order valence-electron chi connectivity index (χ0n) is 11.1. The third-order valence-electron chi connectivity index (χ3n) is 4.93. The van der Waals surface area contributed by atoms with E-state index in [0.29, 0.717) is 18.4 Å². The number of rotatable bonds is 5. The van der Waals surface area contributed by atoms with Gasteiger partial charge < -0.3 is 10.3 Å². The minimum Gasteiger partial charge on any atom is -0.339 e. The summed E-state index contributed by atoms with van der Waals surface area (Å²) in [5, 5.41) is 4.21. The minimum absolute atomic E-state index is 0.471. The van der Waals surface area contributed by atoms with Crippen molar-refractivity contribution in [2.75, 3.05) is 6.54 Å². The highest BCUT2D eigenvalue weighted by atomic mass is 16.5. The smallest absolute Gasteiger partial charge is 0.226 e. The van der Waals surface area contributed by atoms with Crippen molar-refractivity contribution < 1.29 is 4.52 Å². The van der Waals surface area contributed by atoms with Crippen molar-refractivity contribution in [3.63, 3.8) is 0 Å². The van der Waals surface area contributed by atoms with E-state index in [9.17, 15) is 0 Å². The van der Waals surface area contributed by atoms with Crippen LogP contribution >= 0.6 is 0 Å². The van der Waals surface area contributed by atoms with Gasteiger partial charge in [-0.25, -0.2) is 0 Å². The highest BCUT2D eigenvalue weighted by molar-refractivity contribution is 5.06. The van der Waals surface area contributed by atoms with Crippen LogP contribution in [0.1, 0.15) is 56.7 Å². The van der Waals surface area contributed by atoms with Crippen molar-refractivity contribution >= 4 is 0 Å². The molecule has 1 heterocycles. The van der Waals surface area contributed by atoms with E-state index in [1.807, 2.05) is 0 Å². The number of nitrogens with zero attached hydrogens (tertiary/aromatic N) is 2. The van der Waals surface area contributed by atoms with Gasteiger partial charge in [-0.2, -0.15) is 4.98 Å². The summed E-state index contributed by atoms with van der Waals surface area (Å²) >= 11 is 0. The maximum absolute atomic E-state index is 5.72. The van der Waals surface area contributed by atoms with E-state index in [2.05, 4.69) is 17.1 Å². The molecule has 4 heteroatoms. The van der Waals surface area contributed by atoms with Crippen LogP contribution in [0.2, 0.25) is 0 Å². The van der Waals surface area contributed by atoms with Crippen LogP contribution in [0.25, 0.3) is 0 Å². The fourth-order valence-corrected chi connectivity index (χ4v) is 3.70. The fourth-order valence-electron chi connectivity index (χ4n) is 3.70. The number of aromatic nitrogens is 2. The largest absolute Gasteiger partial charge is 0.339 e. The zero-order chi connectivity index (χ0) is 12.5. The summed E-state index contributed by atoms with van der Waals surface area (Å²) in [7, 11) is 0. The molecule has 1 aromatic rings. The standard InChI is InChI=1S/C14H23N3O/c1-2-9(8-15)7-13-16-14(17-18-13)12-6-10-3-4-11(12)5-10/h9-12H,2-8,15H2,1H3. The molecule has 2 aliphatic carbocycles. The van der Waals surface area contributed by atoms with Gasteiger partial charge in [-0.3, -0.25) is 0 Å². The zero-order valence-corrected chi connectivity index (χ0v) is 11.1. The summed E-state index contributed by atoms with van der Waals surface area (Å²) in [5.74, 6) is 4.53. The van der Waals surface area contributed by atoms with Crippen molar-refractivity contribution in [1.29, 1.82) is 0 Å². The van der Waals surface area contributed by atoms with E-state index in [1.54, 1.807) is 0 Å². The lowest BCUT2D eigenvalue weighted by atomic mass is 9.88. The van der Waals surface area contributed by atoms with Gasteiger partial charge in [0, 0.05) is 12.3 Å². The highest BCUT2D eigenvalue weighted by Gasteiger charge is 2.42. The van der Waals surface area contributed by atoms with Gasteiger partial charge in [0.05, 0.1) is 0 Å². The van der Waals surface area contributed by atoms with Gasteiger partial charge in [0.25, 0.3) is 0 Å². The molecule has 2 N–H and O–H groups in total. The first kappa shape index (κ1) is 12.2. The number of hydrogen-bond donors (Lipinski definition) is 1. The van der Waals surface area contributed by atoms with Gasteiger partial charge in [-0.15, -0.1) is 0 Å². The molecule has 3 rings (SSSR count). The Hall–Kier alpha value is -0.900. The molecule has 2 saturated carbocycles. The molecule has 2 fully saturated rings. The lowest BCUT2D eigenvalue weighted by Gasteiger charge is -2.17. The Balaban J connectivity index is 1.66. The first-order valence-electron chi connectivity index (χ1n) is 7.32. The Bertz CT molecular complexity index is 399. The van der Waals surface area contributed by atoms with Gasteiger partial charge in [0.2, 0.25) is 5.89 Å². The molecule has 0 saturated heterocycles. The molecule has 0 radical (unpaired) electrons. The van der Waals surface area contributed by atoms with Gasteiger partial charge in [-0.1, -0.05) is 24.9 Å². The maximum Gasteiger partial charge on any atom is 0.226 e. The summed E-state index contributed by atoms with van der Waals surface area (Å²) in [6, 6.07) is 0. The summed E-state index contributed by atoms with van der Waals surface area (Å²) in [6.07, 6.45) is 7.34. The van der Waals surface area contributed by atoms with Crippen molar-refractivity contribution in [2.45, 2.75) is 51.4 Å². The van der Waals surface area contributed by atoms with E-state index < -0.39 is 0 Å². The Labute approximate surface area is 108 Å². The molecule has 0 aliphatic heterocycles. The predicted octanol–water partition coefficient (Wildman–Crippen LogP) is 2.50. The molecule has 4 unspecified atom stereocenters. The third kappa shape index (κ3) is 2.18. The van der Waals surface area contributed by atoms with Crippen LogP contribution in [0.5, 0.6) is 0 Å². The fraction of sp³-hybridized carbons (Fsp3) is 0.857. The van der Waals surface area contributed by atoms with E-state index in [4.69, 9.17) is 10.3 Å². The average molecular weight is 249 g/mol. The quantitative estimate of drug-likeness (QED) is 0.870.